The third-order valence-electron chi connectivity index (χ3n) is 4.27. The van der Waals surface area contributed by atoms with Gasteiger partial charge in [-0.1, -0.05) is 36.4 Å². The molecule has 0 fully saturated rings. The van der Waals surface area contributed by atoms with Gasteiger partial charge < -0.3 is 16.7 Å². The van der Waals surface area contributed by atoms with Crippen molar-refractivity contribution in [3.63, 3.8) is 0 Å². The Morgan fingerprint density at radius 1 is 1.13 bits per heavy atom. The topological polar surface area (TPSA) is 164 Å². The molecule has 0 aliphatic rings. The minimum Gasteiger partial charge on any atom is -0.481 e. The van der Waals surface area contributed by atoms with Crippen LogP contribution in [0.1, 0.15) is 22.4 Å². The maximum atomic E-state index is 10.9. The highest BCUT2D eigenvalue weighted by Crippen LogP contribution is 2.20. The largest absolute Gasteiger partial charge is 0.481 e. The standard InChI is InChI=1S/C22H19N7O2/c23-11-15-4-2-6-17(8-15)18-10-19(28-22(24)27-18)20(29-25)13-26-12-16-5-1-3-14(7-16)9-21(30)31/h1-8,10,13H,9,12,25H2,(H,30,31)(H2,24,27,28)/b26-13?,29-20+. The molecule has 31 heavy (non-hydrogen) atoms. The van der Waals surface area contributed by atoms with Gasteiger partial charge in [0.2, 0.25) is 5.95 Å². The van der Waals surface area contributed by atoms with Crippen LogP contribution in [0.15, 0.2) is 64.7 Å². The number of anilines is 1. The summed E-state index contributed by atoms with van der Waals surface area (Å²) in [5.41, 5.74) is 9.82. The van der Waals surface area contributed by atoms with E-state index < -0.39 is 5.97 Å². The zero-order valence-corrected chi connectivity index (χ0v) is 16.4. The number of aromatic nitrogens is 2. The summed E-state index contributed by atoms with van der Waals surface area (Å²) in [7, 11) is 0. The number of nitrogens with zero attached hydrogens (tertiary/aromatic N) is 5. The number of aliphatic carboxylic acids is 1. The Balaban J connectivity index is 1.82. The minimum atomic E-state index is -0.893. The molecule has 9 nitrogen and oxygen atoms in total. The summed E-state index contributed by atoms with van der Waals surface area (Å²) in [4.78, 5) is 23.6. The van der Waals surface area contributed by atoms with Gasteiger partial charge in [-0.05, 0) is 29.3 Å². The van der Waals surface area contributed by atoms with Gasteiger partial charge in [-0.2, -0.15) is 10.4 Å². The molecule has 0 atom stereocenters. The van der Waals surface area contributed by atoms with E-state index in [0.717, 1.165) is 5.56 Å². The second-order valence-electron chi connectivity index (χ2n) is 6.56. The molecule has 154 valence electrons. The van der Waals surface area contributed by atoms with Crippen molar-refractivity contribution < 1.29 is 9.90 Å². The van der Waals surface area contributed by atoms with Gasteiger partial charge >= 0.3 is 5.97 Å². The molecule has 0 saturated heterocycles. The van der Waals surface area contributed by atoms with Crippen LogP contribution in [-0.2, 0) is 17.8 Å². The molecule has 0 unspecified atom stereocenters. The first-order valence-electron chi connectivity index (χ1n) is 9.21. The van der Waals surface area contributed by atoms with Crippen molar-refractivity contribution in [2.45, 2.75) is 13.0 Å². The van der Waals surface area contributed by atoms with E-state index in [1.165, 1.54) is 6.21 Å². The number of nitrogens with two attached hydrogens (primary N) is 2. The normalized spacial score (nSPS) is 11.4. The first kappa shape index (κ1) is 21.1. The fraction of sp³-hybridized carbons (Fsp3) is 0.0909. The summed E-state index contributed by atoms with van der Waals surface area (Å²) in [6, 6.07) is 17.9. The van der Waals surface area contributed by atoms with Crippen LogP contribution in [0, 0.1) is 11.3 Å². The van der Waals surface area contributed by atoms with Crippen molar-refractivity contribution in [1.82, 2.24) is 9.97 Å². The van der Waals surface area contributed by atoms with Crippen molar-refractivity contribution in [3.05, 3.63) is 77.0 Å². The molecule has 0 bridgehead atoms. The molecule has 1 heterocycles. The zero-order valence-electron chi connectivity index (χ0n) is 16.4. The smallest absolute Gasteiger partial charge is 0.307 e. The lowest BCUT2D eigenvalue weighted by molar-refractivity contribution is -0.136. The SMILES string of the molecule is N#Cc1cccc(-c2cc(/C(C=NCc3cccc(CC(=O)O)c3)=N/N)nc(N)n2)c1. The molecule has 2 aromatic carbocycles. The molecule has 3 aromatic rings. The monoisotopic (exact) mass is 413 g/mol. The van der Waals surface area contributed by atoms with E-state index in [-0.39, 0.29) is 12.4 Å². The first-order chi connectivity index (χ1) is 15.0. The highest BCUT2D eigenvalue weighted by molar-refractivity contribution is 6.37. The van der Waals surface area contributed by atoms with E-state index in [4.69, 9.17) is 21.9 Å². The van der Waals surface area contributed by atoms with Gasteiger partial charge in [-0.15, -0.1) is 0 Å². The number of carbonyl (C=O) groups is 1. The van der Waals surface area contributed by atoms with Gasteiger partial charge in [0, 0.05) is 5.56 Å². The Morgan fingerprint density at radius 2 is 1.90 bits per heavy atom. The summed E-state index contributed by atoms with van der Waals surface area (Å²) in [5.74, 6) is 4.68. The van der Waals surface area contributed by atoms with Crippen molar-refractivity contribution in [3.8, 4) is 17.3 Å². The summed E-state index contributed by atoms with van der Waals surface area (Å²) in [5, 5.41) is 21.8. The molecular weight excluding hydrogens is 394 g/mol. The van der Waals surface area contributed by atoms with Gasteiger partial charge in [0.1, 0.15) is 5.71 Å². The van der Waals surface area contributed by atoms with Gasteiger partial charge in [0.05, 0.1) is 42.2 Å². The fourth-order valence-corrected chi connectivity index (χ4v) is 2.91. The van der Waals surface area contributed by atoms with Crippen molar-refractivity contribution in [2.75, 3.05) is 5.73 Å². The van der Waals surface area contributed by atoms with Gasteiger partial charge in [0.25, 0.3) is 0 Å². The zero-order chi connectivity index (χ0) is 22.2. The molecule has 9 heteroatoms. The molecule has 0 aliphatic carbocycles. The number of carboxylic acids is 1. The van der Waals surface area contributed by atoms with E-state index >= 15 is 0 Å². The van der Waals surface area contributed by atoms with Gasteiger partial charge in [0.15, 0.2) is 0 Å². The molecule has 1 aromatic heterocycles. The number of benzene rings is 2. The third-order valence-corrected chi connectivity index (χ3v) is 4.27. The van der Waals surface area contributed by atoms with Crippen LogP contribution >= 0.6 is 0 Å². The molecule has 0 amide bonds. The lowest BCUT2D eigenvalue weighted by atomic mass is 10.1. The van der Waals surface area contributed by atoms with Crippen LogP contribution in [0.25, 0.3) is 11.3 Å². The summed E-state index contributed by atoms with van der Waals surface area (Å²) < 4.78 is 0. The predicted molar refractivity (Wildman–Crippen MR) is 117 cm³/mol. The number of carboxylic acid groups (broad SMARTS) is 1. The van der Waals surface area contributed by atoms with Crippen LogP contribution in [0.4, 0.5) is 5.95 Å². The average Bonchev–Trinajstić information content (AvgIpc) is 2.76. The fourth-order valence-electron chi connectivity index (χ4n) is 2.91. The lowest BCUT2D eigenvalue weighted by Crippen LogP contribution is -2.11. The Kier molecular flexibility index (Phi) is 6.65. The third kappa shape index (κ3) is 5.71. The first-order valence-corrected chi connectivity index (χ1v) is 9.21. The van der Waals surface area contributed by atoms with E-state index in [1.807, 2.05) is 12.1 Å². The van der Waals surface area contributed by atoms with Crippen LogP contribution in [0.2, 0.25) is 0 Å². The number of hydrogen-bond donors (Lipinski definition) is 3. The van der Waals surface area contributed by atoms with Crippen molar-refractivity contribution >= 4 is 23.8 Å². The number of nitriles is 1. The summed E-state index contributed by atoms with van der Waals surface area (Å²) in [6.07, 6.45) is 1.42. The summed E-state index contributed by atoms with van der Waals surface area (Å²) in [6.45, 7) is 0.310. The van der Waals surface area contributed by atoms with E-state index in [2.05, 4.69) is 26.1 Å². The average molecular weight is 413 g/mol. The summed E-state index contributed by atoms with van der Waals surface area (Å²) >= 11 is 0. The molecular formula is C22H19N7O2. The predicted octanol–water partition coefficient (Wildman–Crippen LogP) is 2.16. The van der Waals surface area contributed by atoms with Crippen molar-refractivity contribution in [2.24, 2.45) is 15.9 Å². The maximum absolute atomic E-state index is 10.9. The van der Waals surface area contributed by atoms with E-state index in [0.29, 0.717) is 40.3 Å². The number of rotatable bonds is 7. The van der Waals surface area contributed by atoms with Crippen molar-refractivity contribution in [1.29, 1.82) is 5.26 Å². The highest BCUT2D eigenvalue weighted by atomic mass is 16.4. The second-order valence-corrected chi connectivity index (χ2v) is 6.56. The van der Waals surface area contributed by atoms with Crippen LogP contribution in [-0.4, -0.2) is 33.0 Å². The Bertz CT molecular complexity index is 1210. The Labute approximate surface area is 178 Å². The van der Waals surface area contributed by atoms with Crippen LogP contribution < -0.4 is 11.6 Å². The number of hydrogen-bond acceptors (Lipinski definition) is 8. The number of nitrogen functional groups attached to an aromatic ring is 1. The second kappa shape index (κ2) is 9.76. The molecule has 0 spiro atoms. The highest BCUT2D eigenvalue weighted by Gasteiger charge is 2.10. The lowest BCUT2D eigenvalue weighted by Gasteiger charge is -2.06. The molecule has 3 rings (SSSR count). The quantitative estimate of drug-likeness (QED) is 0.303. The molecule has 5 N–H and O–H groups in total. The van der Waals surface area contributed by atoms with Gasteiger partial charge in [-0.3, -0.25) is 9.79 Å². The minimum absolute atomic E-state index is 0.0331. The number of aliphatic imine (C=N–C) groups is 1. The molecule has 0 radical (unpaired) electrons. The number of hydrazone groups is 1. The van der Waals surface area contributed by atoms with E-state index in [9.17, 15) is 4.79 Å². The molecule has 0 saturated carbocycles. The van der Waals surface area contributed by atoms with Crippen LogP contribution in [0.3, 0.4) is 0 Å². The van der Waals surface area contributed by atoms with Crippen LogP contribution in [0.5, 0.6) is 0 Å². The maximum Gasteiger partial charge on any atom is 0.307 e. The van der Waals surface area contributed by atoms with E-state index in [1.54, 1.807) is 42.5 Å². The Morgan fingerprint density at radius 3 is 2.65 bits per heavy atom. The Hall–Kier alpha value is -4.58. The molecule has 0 aliphatic heterocycles. The van der Waals surface area contributed by atoms with Gasteiger partial charge in [-0.25, -0.2) is 9.97 Å².